The van der Waals surface area contributed by atoms with Gasteiger partial charge in [-0.1, -0.05) is 233 Å². The summed E-state index contributed by atoms with van der Waals surface area (Å²) in [5, 5.41) is 0. The van der Waals surface area contributed by atoms with Crippen LogP contribution in [0.2, 0.25) is 0 Å². The van der Waals surface area contributed by atoms with E-state index >= 15 is 0 Å². The lowest BCUT2D eigenvalue weighted by molar-refractivity contribution is 0.866. The summed E-state index contributed by atoms with van der Waals surface area (Å²) in [6.45, 7) is 30.8. The van der Waals surface area contributed by atoms with E-state index in [1.54, 1.807) is 0 Å². The monoisotopic (exact) mass is 1260 g/mol. The zero-order valence-electron chi connectivity index (χ0n) is 60.6. The lowest BCUT2D eigenvalue weighted by atomic mass is 10.0. The van der Waals surface area contributed by atoms with E-state index in [0.29, 0.717) is 29.6 Å². The highest BCUT2D eigenvalue weighted by Gasteiger charge is 2.12. The van der Waals surface area contributed by atoms with Crippen molar-refractivity contribution in [3.8, 4) is 11.1 Å². The smallest absolute Gasteiger partial charge is 0.0437 e. The minimum atomic E-state index is 0.569. The predicted molar refractivity (Wildman–Crippen MR) is 420 cm³/mol. The maximum atomic E-state index is 2.24. The van der Waals surface area contributed by atoms with Crippen molar-refractivity contribution < 1.29 is 0 Å². The summed E-state index contributed by atoms with van der Waals surface area (Å²) in [4.78, 5) is 11.1. The van der Waals surface area contributed by atoms with Gasteiger partial charge < -0.3 is 24.5 Å². The Balaban J connectivity index is 0.000000169. The topological polar surface area (TPSA) is 16.2 Å². The Kier molecular flexibility index (Phi) is 27.3. The number of rotatable bonds is 16. The van der Waals surface area contributed by atoms with Crippen LogP contribution < -0.4 is 24.5 Å². The third-order valence-corrected chi connectivity index (χ3v) is 18.0. The molecule has 5 nitrogen and oxygen atoms in total. The highest BCUT2D eigenvalue weighted by atomic mass is 15.1. The molecule has 0 aliphatic heterocycles. The van der Waals surface area contributed by atoms with Gasteiger partial charge in [0, 0.05) is 92.1 Å². The third kappa shape index (κ3) is 21.2. The molecule has 0 saturated carbocycles. The summed E-state index contributed by atoms with van der Waals surface area (Å²) < 4.78 is 0. The van der Waals surface area contributed by atoms with Crippen LogP contribution in [0.25, 0.3) is 11.1 Å². The maximum Gasteiger partial charge on any atom is 0.0437 e. The highest BCUT2D eigenvalue weighted by Crippen LogP contribution is 2.33. The number of benzene rings is 11. The van der Waals surface area contributed by atoms with Crippen molar-refractivity contribution in [2.24, 2.45) is 0 Å². The second kappa shape index (κ2) is 35.6. The largest absolute Gasteiger partial charge is 0.345 e. The van der Waals surface area contributed by atoms with Gasteiger partial charge >= 0.3 is 0 Å². The summed E-state index contributed by atoms with van der Waals surface area (Å²) in [6.07, 6.45) is 0. The van der Waals surface area contributed by atoms with Gasteiger partial charge in [0.1, 0.15) is 0 Å². The van der Waals surface area contributed by atoms with E-state index in [1.807, 2.05) is 12.1 Å². The molecule has 0 amide bonds. The first-order chi connectivity index (χ1) is 45.5. The molecular weight excluding hydrogens is 1150 g/mol. The Bertz CT molecular complexity index is 3980. The summed E-state index contributed by atoms with van der Waals surface area (Å²) >= 11 is 0. The van der Waals surface area contributed by atoms with Crippen LogP contribution in [-0.4, -0.2) is 35.2 Å². The van der Waals surface area contributed by atoms with Gasteiger partial charge in [0.05, 0.1) is 0 Å². The van der Waals surface area contributed by atoms with Crippen LogP contribution >= 0.6 is 0 Å². The number of hydrogen-bond acceptors (Lipinski definition) is 5. The first-order valence-corrected chi connectivity index (χ1v) is 34.1. The Labute approximate surface area is 574 Å². The molecule has 5 heteroatoms. The van der Waals surface area contributed by atoms with Crippen LogP contribution in [0.1, 0.15) is 149 Å². The molecule has 0 aromatic heterocycles. The van der Waals surface area contributed by atoms with Gasteiger partial charge in [0.15, 0.2) is 0 Å². The van der Waals surface area contributed by atoms with Crippen LogP contribution in [0.15, 0.2) is 273 Å². The predicted octanol–water partition coefficient (Wildman–Crippen LogP) is 25.8. The summed E-state index contributed by atoms with van der Waals surface area (Å²) in [6, 6.07) is 97.4. The molecular formula is C90H107N5. The molecule has 0 spiro atoms. The number of para-hydroxylation sites is 2. The van der Waals surface area contributed by atoms with Crippen LogP contribution in [0.5, 0.6) is 0 Å². The van der Waals surface area contributed by atoms with Crippen LogP contribution in [0, 0.1) is 27.7 Å². The Morgan fingerprint density at radius 2 is 0.453 bits per heavy atom. The van der Waals surface area contributed by atoms with Crippen molar-refractivity contribution in [3.05, 3.63) is 323 Å². The molecule has 11 aromatic carbocycles. The second-order valence-corrected chi connectivity index (χ2v) is 26.7. The SMILES string of the molecule is CC(C)c1ccc(N(C)c2ccc(-c3ccccc3)cc2)cc1.CC(C)c1ccc(N(C)c2ccccc2)cc1.Cc1ccc(N(C)c2ccc(C(C)C)cc2)cc1.Cc1ccc(N(C)c2ccc(C(C)C)cc2)cc1C.Cc1ccccc1N(C)c1ccc(C(C)C)cc1. The molecule has 492 valence electrons. The van der Waals surface area contributed by atoms with Crippen molar-refractivity contribution in [1.82, 2.24) is 0 Å². The van der Waals surface area contributed by atoms with Crippen LogP contribution in [0.4, 0.5) is 56.9 Å². The number of nitrogens with zero attached hydrogens (tertiary/aromatic N) is 5. The molecule has 11 aromatic rings. The van der Waals surface area contributed by atoms with Crippen molar-refractivity contribution in [3.63, 3.8) is 0 Å². The summed E-state index contributed by atoms with van der Waals surface area (Å²) in [5.74, 6) is 2.91. The molecule has 95 heavy (non-hydrogen) atoms. The molecule has 0 atom stereocenters. The van der Waals surface area contributed by atoms with Gasteiger partial charge in [0.2, 0.25) is 0 Å². The zero-order chi connectivity index (χ0) is 68.7. The molecule has 0 bridgehead atoms. The molecule has 0 unspecified atom stereocenters. The van der Waals surface area contributed by atoms with Gasteiger partial charge in [-0.05, 0) is 228 Å². The van der Waals surface area contributed by atoms with Crippen LogP contribution in [0.3, 0.4) is 0 Å². The molecule has 11 rings (SSSR count). The van der Waals surface area contributed by atoms with Crippen molar-refractivity contribution in [2.75, 3.05) is 59.7 Å². The van der Waals surface area contributed by atoms with E-state index < -0.39 is 0 Å². The Morgan fingerprint density at radius 1 is 0.200 bits per heavy atom. The normalized spacial score (nSPS) is 10.7. The summed E-state index contributed by atoms with van der Waals surface area (Å²) in [5.41, 5.74) is 26.9. The van der Waals surface area contributed by atoms with Crippen molar-refractivity contribution >= 4 is 56.9 Å². The lowest BCUT2D eigenvalue weighted by Gasteiger charge is -2.22. The molecule has 0 radical (unpaired) electrons. The quantitative estimate of drug-likeness (QED) is 0.0955. The van der Waals surface area contributed by atoms with Crippen molar-refractivity contribution in [1.29, 1.82) is 0 Å². The Morgan fingerprint density at radius 3 is 0.779 bits per heavy atom. The fraction of sp³-hybridized carbons (Fsp3) is 0.267. The van der Waals surface area contributed by atoms with Crippen LogP contribution in [-0.2, 0) is 0 Å². The van der Waals surface area contributed by atoms with Crippen molar-refractivity contribution in [2.45, 2.75) is 127 Å². The second-order valence-electron chi connectivity index (χ2n) is 26.7. The van der Waals surface area contributed by atoms with E-state index in [1.165, 1.54) is 118 Å². The molecule has 0 N–H and O–H groups in total. The lowest BCUT2D eigenvalue weighted by Crippen LogP contribution is -2.10. The van der Waals surface area contributed by atoms with E-state index in [4.69, 9.17) is 0 Å². The van der Waals surface area contributed by atoms with E-state index in [0.717, 1.165) is 0 Å². The van der Waals surface area contributed by atoms with Gasteiger partial charge in [-0.15, -0.1) is 0 Å². The minimum absolute atomic E-state index is 0.569. The van der Waals surface area contributed by atoms with Gasteiger partial charge in [-0.25, -0.2) is 0 Å². The molecule has 0 fully saturated rings. The molecule has 0 aliphatic carbocycles. The average molecular weight is 1260 g/mol. The fourth-order valence-corrected chi connectivity index (χ4v) is 11.0. The maximum absolute atomic E-state index is 2.24. The van der Waals surface area contributed by atoms with Gasteiger partial charge in [-0.3, -0.25) is 0 Å². The number of aryl methyl sites for hydroxylation is 4. The zero-order valence-corrected chi connectivity index (χ0v) is 60.6. The first-order valence-electron chi connectivity index (χ1n) is 34.1. The first kappa shape index (κ1) is 72.8. The number of anilines is 10. The number of hydrogen-bond donors (Lipinski definition) is 0. The molecule has 0 saturated heterocycles. The van der Waals surface area contributed by atoms with E-state index in [2.05, 4.69) is 418 Å². The third-order valence-electron chi connectivity index (χ3n) is 18.0. The molecule has 0 heterocycles. The minimum Gasteiger partial charge on any atom is -0.345 e. The standard InChI is InChI=1S/C22H23N.C18H23N.2C17H21N.C16H19N/c1-17(2)18-9-13-21(14-10-18)23(3)22-15-11-20(12-16-22)19-7-5-4-6-8-19;1-13(2)16-7-10-17(11-8-16)19(5)18-9-6-14(3)15(4)12-18;1-13(2)15-7-11-17(12-8-15)18(4)16-9-5-14(3)6-10-16;1-13(2)15-9-11-16(12-10-15)18(4)17-8-6-5-7-14(17)3;1-13(2)14-9-11-16(12-10-14)17(3)15-7-5-4-6-8-15/h4-17H,1-3H3;6-13H,1-5H3;2*5-13H,1-4H3;4-13H,1-3H3. The molecule has 0 aliphatic rings. The highest BCUT2D eigenvalue weighted by molar-refractivity contribution is 5.71. The van der Waals surface area contributed by atoms with Gasteiger partial charge in [-0.2, -0.15) is 0 Å². The Hall–Kier alpha value is -9.58. The summed E-state index contributed by atoms with van der Waals surface area (Å²) in [7, 11) is 10.6. The van der Waals surface area contributed by atoms with E-state index in [9.17, 15) is 0 Å². The van der Waals surface area contributed by atoms with E-state index in [-0.39, 0.29) is 0 Å². The average Bonchev–Trinajstić information content (AvgIpc) is 1.04. The van der Waals surface area contributed by atoms with Gasteiger partial charge in [0.25, 0.3) is 0 Å². The fourth-order valence-electron chi connectivity index (χ4n) is 11.0.